The largest absolute Gasteiger partial charge is 0.351 e. The zero-order valence-corrected chi connectivity index (χ0v) is 6.89. The third kappa shape index (κ3) is 1.81. The Morgan fingerprint density at radius 1 is 1.75 bits per heavy atom. The first-order valence-electron chi connectivity index (χ1n) is 3.86. The summed E-state index contributed by atoms with van der Waals surface area (Å²) in [5, 5.41) is 5.00. The number of nitrogens with one attached hydrogen (secondary N) is 2. The average molecular weight is 169 g/mol. The molecular formula is C7H11N3O2. The number of hydrogen-bond donors (Lipinski definition) is 2. The molecule has 2 amide bonds. The van der Waals surface area contributed by atoms with Crippen molar-refractivity contribution in [3.63, 3.8) is 0 Å². The van der Waals surface area contributed by atoms with Gasteiger partial charge in [-0.05, 0) is 6.42 Å². The fourth-order valence-corrected chi connectivity index (χ4v) is 0.843. The Bertz CT molecular complexity index is 235. The number of hydrogen-bond acceptors (Lipinski definition) is 3. The van der Waals surface area contributed by atoms with Crippen molar-refractivity contribution < 1.29 is 9.59 Å². The summed E-state index contributed by atoms with van der Waals surface area (Å²) in [7, 11) is 0. The van der Waals surface area contributed by atoms with Crippen LogP contribution in [-0.4, -0.2) is 30.7 Å². The predicted molar refractivity (Wildman–Crippen MR) is 43.7 cm³/mol. The summed E-state index contributed by atoms with van der Waals surface area (Å²) < 4.78 is 0. The van der Waals surface area contributed by atoms with Crippen LogP contribution in [0.25, 0.3) is 0 Å². The molecule has 66 valence electrons. The van der Waals surface area contributed by atoms with Crippen molar-refractivity contribution in [1.82, 2.24) is 10.6 Å². The first kappa shape index (κ1) is 8.70. The summed E-state index contributed by atoms with van der Waals surface area (Å²) in [6.45, 7) is 2.73. The molecule has 2 N–H and O–H groups in total. The number of aliphatic imine (C=N–C) groups is 1. The van der Waals surface area contributed by atoms with Gasteiger partial charge in [0, 0.05) is 6.54 Å². The lowest BCUT2D eigenvalue weighted by Crippen LogP contribution is -2.37. The Morgan fingerprint density at radius 2 is 2.50 bits per heavy atom. The zero-order valence-electron chi connectivity index (χ0n) is 6.89. The molecule has 0 fully saturated rings. The van der Waals surface area contributed by atoms with Crippen molar-refractivity contribution in [3.8, 4) is 0 Å². The molecule has 0 bridgehead atoms. The maximum absolute atomic E-state index is 11.1. The van der Waals surface area contributed by atoms with Gasteiger partial charge in [0.1, 0.15) is 6.67 Å². The molecule has 0 radical (unpaired) electrons. The van der Waals surface area contributed by atoms with Crippen molar-refractivity contribution in [2.24, 2.45) is 4.99 Å². The molecule has 0 atom stereocenters. The second-order valence-corrected chi connectivity index (χ2v) is 2.43. The van der Waals surface area contributed by atoms with Crippen LogP contribution in [0.1, 0.15) is 13.3 Å². The summed E-state index contributed by atoms with van der Waals surface area (Å²) in [5.41, 5.74) is -0.0107. The van der Waals surface area contributed by atoms with E-state index in [2.05, 4.69) is 15.6 Å². The van der Waals surface area contributed by atoms with E-state index in [4.69, 9.17) is 0 Å². The molecule has 0 aromatic rings. The molecule has 5 nitrogen and oxygen atoms in total. The molecule has 1 heterocycles. The quantitative estimate of drug-likeness (QED) is 0.571. The molecule has 0 spiro atoms. The fraction of sp³-hybridized carbons (Fsp3) is 0.571. The van der Waals surface area contributed by atoms with Crippen LogP contribution in [0, 0.1) is 0 Å². The van der Waals surface area contributed by atoms with E-state index in [-0.39, 0.29) is 24.2 Å². The smallest absolute Gasteiger partial charge is 0.276 e. The third-order valence-corrected chi connectivity index (χ3v) is 1.44. The van der Waals surface area contributed by atoms with Gasteiger partial charge in [-0.15, -0.1) is 0 Å². The predicted octanol–water partition coefficient (Wildman–Crippen LogP) is -0.959. The minimum absolute atomic E-state index is 0.0107. The highest BCUT2D eigenvalue weighted by Crippen LogP contribution is 1.88. The van der Waals surface area contributed by atoms with Crippen molar-refractivity contribution in [2.45, 2.75) is 13.3 Å². The lowest BCUT2D eigenvalue weighted by molar-refractivity contribution is -0.118. The van der Waals surface area contributed by atoms with Crippen LogP contribution in [0.15, 0.2) is 4.99 Å². The van der Waals surface area contributed by atoms with Crippen LogP contribution < -0.4 is 10.6 Å². The van der Waals surface area contributed by atoms with Crippen LogP contribution in [0.2, 0.25) is 0 Å². The number of rotatable bonds is 3. The van der Waals surface area contributed by atoms with E-state index in [1.807, 2.05) is 6.92 Å². The average Bonchev–Trinajstić information content (AvgIpc) is 2.47. The third-order valence-electron chi connectivity index (χ3n) is 1.44. The summed E-state index contributed by atoms with van der Waals surface area (Å²) >= 11 is 0. The topological polar surface area (TPSA) is 70.6 Å². The second kappa shape index (κ2) is 3.85. The Hall–Kier alpha value is -1.39. The van der Waals surface area contributed by atoms with Gasteiger partial charge in [0.25, 0.3) is 11.8 Å². The van der Waals surface area contributed by atoms with E-state index >= 15 is 0 Å². The van der Waals surface area contributed by atoms with Gasteiger partial charge in [0.2, 0.25) is 0 Å². The van der Waals surface area contributed by atoms with Gasteiger partial charge in [0.15, 0.2) is 5.71 Å². The maximum atomic E-state index is 11.1. The van der Waals surface area contributed by atoms with Gasteiger partial charge in [0.05, 0.1) is 0 Å². The van der Waals surface area contributed by atoms with Crippen molar-refractivity contribution in [2.75, 3.05) is 13.2 Å². The van der Waals surface area contributed by atoms with Crippen molar-refractivity contribution >= 4 is 17.5 Å². The molecule has 0 aliphatic carbocycles. The zero-order chi connectivity index (χ0) is 8.97. The Kier molecular flexibility index (Phi) is 2.79. The monoisotopic (exact) mass is 169 g/mol. The minimum Gasteiger partial charge on any atom is -0.351 e. The molecule has 1 aliphatic rings. The van der Waals surface area contributed by atoms with E-state index in [0.717, 1.165) is 6.42 Å². The highest BCUT2D eigenvalue weighted by atomic mass is 16.2. The normalized spacial score (nSPS) is 15.4. The van der Waals surface area contributed by atoms with Gasteiger partial charge in [-0.25, -0.2) is 0 Å². The maximum Gasteiger partial charge on any atom is 0.276 e. The van der Waals surface area contributed by atoms with Gasteiger partial charge in [-0.3, -0.25) is 14.6 Å². The van der Waals surface area contributed by atoms with E-state index in [1.165, 1.54) is 0 Å². The van der Waals surface area contributed by atoms with Gasteiger partial charge in [-0.2, -0.15) is 0 Å². The van der Waals surface area contributed by atoms with Crippen LogP contribution in [-0.2, 0) is 9.59 Å². The first-order valence-corrected chi connectivity index (χ1v) is 3.86. The van der Waals surface area contributed by atoms with Crippen molar-refractivity contribution in [1.29, 1.82) is 0 Å². The molecular weight excluding hydrogens is 158 g/mol. The standard InChI is InChI=1S/C7H11N3O2/c1-2-3-8-6(11)5-7(12)10-4-9-5/h2-4H2,1H3,(H,8,11)(H,10,12). The Morgan fingerprint density at radius 3 is 3.00 bits per heavy atom. The van der Waals surface area contributed by atoms with Crippen molar-refractivity contribution in [3.05, 3.63) is 0 Å². The summed E-state index contributed by atoms with van der Waals surface area (Å²) in [6, 6.07) is 0. The SMILES string of the molecule is CCCNC(=O)C1=NCNC1=O. The van der Waals surface area contributed by atoms with E-state index < -0.39 is 0 Å². The van der Waals surface area contributed by atoms with Crippen LogP contribution in [0.5, 0.6) is 0 Å². The summed E-state index contributed by atoms with van der Waals surface area (Å²) in [5.74, 6) is -0.768. The Labute approximate surface area is 70.2 Å². The molecule has 0 saturated heterocycles. The second-order valence-electron chi connectivity index (χ2n) is 2.43. The molecule has 0 saturated carbocycles. The van der Waals surface area contributed by atoms with E-state index in [1.54, 1.807) is 0 Å². The summed E-state index contributed by atoms with van der Waals surface area (Å²) in [4.78, 5) is 25.7. The molecule has 5 heteroatoms. The van der Waals surface area contributed by atoms with Gasteiger partial charge >= 0.3 is 0 Å². The van der Waals surface area contributed by atoms with Crippen LogP contribution in [0.4, 0.5) is 0 Å². The molecule has 0 aromatic heterocycles. The van der Waals surface area contributed by atoms with E-state index in [9.17, 15) is 9.59 Å². The molecule has 0 aromatic carbocycles. The lowest BCUT2D eigenvalue weighted by Gasteiger charge is -1.99. The van der Waals surface area contributed by atoms with Gasteiger partial charge < -0.3 is 10.6 Å². The first-order chi connectivity index (χ1) is 5.75. The number of amides is 2. The van der Waals surface area contributed by atoms with Crippen LogP contribution >= 0.6 is 0 Å². The molecule has 1 aliphatic heterocycles. The van der Waals surface area contributed by atoms with Gasteiger partial charge in [-0.1, -0.05) is 6.92 Å². The molecule has 1 rings (SSSR count). The Balaban J connectivity index is 2.47. The van der Waals surface area contributed by atoms with Crippen LogP contribution in [0.3, 0.4) is 0 Å². The molecule has 0 unspecified atom stereocenters. The molecule has 12 heavy (non-hydrogen) atoms. The highest BCUT2D eigenvalue weighted by molar-refractivity contribution is 6.65. The minimum atomic E-state index is -0.386. The summed E-state index contributed by atoms with van der Waals surface area (Å²) in [6.07, 6.45) is 0.848. The lowest BCUT2D eigenvalue weighted by atomic mass is 10.3. The highest BCUT2D eigenvalue weighted by Gasteiger charge is 2.22. The van der Waals surface area contributed by atoms with E-state index in [0.29, 0.717) is 6.54 Å². The number of carbonyl (C=O) groups is 2. The fourth-order valence-electron chi connectivity index (χ4n) is 0.843. The number of carbonyl (C=O) groups excluding carboxylic acids is 2. The number of nitrogens with zero attached hydrogens (tertiary/aromatic N) is 1.